The molecule has 1 aromatic heterocycles. The molecule has 0 amide bonds. The van der Waals surface area contributed by atoms with Gasteiger partial charge < -0.3 is 10.5 Å². The molecule has 0 aromatic carbocycles. The highest BCUT2D eigenvalue weighted by Gasteiger charge is 2.37. The molecule has 0 spiro atoms. The van der Waals surface area contributed by atoms with Crippen molar-refractivity contribution < 1.29 is 4.74 Å². The van der Waals surface area contributed by atoms with Crippen molar-refractivity contribution in [2.24, 2.45) is 0 Å². The van der Waals surface area contributed by atoms with Crippen molar-refractivity contribution in [3.8, 4) is 0 Å². The van der Waals surface area contributed by atoms with E-state index >= 15 is 0 Å². The number of nitrogen functional groups attached to an aromatic ring is 1. The van der Waals surface area contributed by atoms with E-state index in [4.69, 9.17) is 10.5 Å². The number of nitrogens with zero attached hydrogens (tertiary/aromatic N) is 2. The minimum absolute atomic E-state index is 0.350. The Hall–Kier alpha value is -0.650. The molecular formula is C12H19N3OS. The first-order valence-electron chi connectivity index (χ1n) is 6.37. The number of aromatic nitrogens is 1. The van der Waals surface area contributed by atoms with Gasteiger partial charge in [-0.25, -0.2) is 4.98 Å². The van der Waals surface area contributed by atoms with Gasteiger partial charge >= 0.3 is 0 Å². The number of ether oxygens (including phenoxy) is 1. The molecule has 5 heteroatoms. The first kappa shape index (κ1) is 11.4. The lowest BCUT2D eigenvalue weighted by Crippen LogP contribution is -2.54. The lowest BCUT2D eigenvalue weighted by atomic mass is 9.92. The average Bonchev–Trinajstić information content (AvgIpc) is 2.66. The van der Waals surface area contributed by atoms with Gasteiger partial charge in [0.15, 0.2) is 5.13 Å². The smallest absolute Gasteiger partial charge is 0.180 e. The maximum atomic E-state index is 5.92. The predicted octanol–water partition coefficient (Wildman–Crippen LogP) is 1.30. The van der Waals surface area contributed by atoms with Gasteiger partial charge in [0.2, 0.25) is 0 Å². The lowest BCUT2D eigenvalue weighted by molar-refractivity contribution is -0.0737. The Balaban J connectivity index is 1.83. The van der Waals surface area contributed by atoms with Crippen LogP contribution in [0, 0.1) is 0 Å². The van der Waals surface area contributed by atoms with E-state index in [0.717, 1.165) is 26.0 Å². The van der Waals surface area contributed by atoms with Gasteiger partial charge in [-0.1, -0.05) is 6.92 Å². The summed E-state index contributed by atoms with van der Waals surface area (Å²) in [5.74, 6) is 0. The number of hydrogen-bond donors (Lipinski definition) is 1. The van der Waals surface area contributed by atoms with Crippen LogP contribution in [0.5, 0.6) is 0 Å². The fraction of sp³-hybridized carbons (Fsp3) is 0.750. The van der Waals surface area contributed by atoms with Gasteiger partial charge in [0.25, 0.3) is 0 Å². The molecule has 2 N–H and O–H groups in total. The van der Waals surface area contributed by atoms with Crippen LogP contribution in [0.15, 0.2) is 0 Å². The molecule has 2 heterocycles. The van der Waals surface area contributed by atoms with Crippen LogP contribution >= 0.6 is 11.3 Å². The second-order valence-electron chi connectivity index (χ2n) is 4.84. The van der Waals surface area contributed by atoms with Crippen molar-refractivity contribution in [1.82, 2.24) is 9.88 Å². The summed E-state index contributed by atoms with van der Waals surface area (Å²) < 4.78 is 5.92. The summed E-state index contributed by atoms with van der Waals surface area (Å²) in [5.41, 5.74) is 7.00. The summed E-state index contributed by atoms with van der Waals surface area (Å²) in [7, 11) is 0. The Morgan fingerprint density at radius 1 is 1.53 bits per heavy atom. The van der Waals surface area contributed by atoms with Crippen molar-refractivity contribution >= 4 is 16.5 Å². The van der Waals surface area contributed by atoms with Crippen LogP contribution in [0.25, 0.3) is 0 Å². The summed E-state index contributed by atoms with van der Waals surface area (Å²) in [6.07, 6.45) is 3.56. The van der Waals surface area contributed by atoms with Crippen molar-refractivity contribution in [3.05, 3.63) is 10.6 Å². The van der Waals surface area contributed by atoms with E-state index in [9.17, 15) is 0 Å². The second-order valence-corrected chi connectivity index (χ2v) is 5.96. The maximum Gasteiger partial charge on any atom is 0.180 e. The molecule has 1 fully saturated rings. The van der Waals surface area contributed by atoms with Crippen LogP contribution < -0.4 is 5.73 Å². The highest BCUT2D eigenvalue weighted by atomic mass is 32.1. The number of anilines is 1. The molecule has 0 unspecified atom stereocenters. The molecule has 0 radical (unpaired) electrons. The monoisotopic (exact) mass is 253 g/mol. The second kappa shape index (κ2) is 4.55. The molecule has 0 saturated carbocycles. The molecule has 0 bridgehead atoms. The zero-order chi connectivity index (χ0) is 11.8. The van der Waals surface area contributed by atoms with E-state index in [1.807, 2.05) is 0 Å². The van der Waals surface area contributed by atoms with Gasteiger partial charge in [-0.05, 0) is 13.0 Å². The Morgan fingerprint density at radius 2 is 2.41 bits per heavy atom. The third-order valence-electron chi connectivity index (χ3n) is 3.70. The molecule has 1 aliphatic carbocycles. The average molecular weight is 253 g/mol. The molecular weight excluding hydrogens is 234 g/mol. The predicted molar refractivity (Wildman–Crippen MR) is 69.3 cm³/mol. The summed E-state index contributed by atoms with van der Waals surface area (Å²) >= 11 is 1.63. The van der Waals surface area contributed by atoms with Crippen LogP contribution in [0.2, 0.25) is 0 Å². The first-order valence-corrected chi connectivity index (χ1v) is 7.19. The third-order valence-corrected chi connectivity index (χ3v) is 4.65. The Bertz CT molecular complexity index is 404. The Labute approximate surface area is 106 Å². The maximum absolute atomic E-state index is 5.92. The third kappa shape index (κ3) is 2.07. The molecule has 2 atom stereocenters. The van der Waals surface area contributed by atoms with E-state index in [0.29, 0.717) is 17.3 Å². The van der Waals surface area contributed by atoms with Gasteiger partial charge in [-0.3, -0.25) is 4.90 Å². The first-order chi connectivity index (χ1) is 8.28. The quantitative estimate of drug-likeness (QED) is 0.863. The summed E-state index contributed by atoms with van der Waals surface area (Å²) in [4.78, 5) is 8.35. The van der Waals surface area contributed by atoms with Crippen molar-refractivity contribution in [2.45, 2.75) is 38.3 Å². The minimum atomic E-state index is 0.350. The molecule has 3 rings (SSSR count). The van der Waals surface area contributed by atoms with Crippen molar-refractivity contribution in [3.63, 3.8) is 0 Å². The zero-order valence-electron chi connectivity index (χ0n) is 10.2. The summed E-state index contributed by atoms with van der Waals surface area (Å²) in [5, 5.41) is 0.704. The standard InChI is InChI=1S/C12H19N3OS/c1-2-3-15-4-5-16-10-7-11-8(6-9(10)15)14-12(13)17-11/h9-10H,2-7H2,1H3,(H2,13,14)/t9-,10-/m1/s1. The Morgan fingerprint density at radius 3 is 3.24 bits per heavy atom. The number of fused-ring (bicyclic) bond motifs is 2. The molecule has 4 nitrogen and oxygen atoms in total. The van der Waals surface area contributed by atoms with Crippen molar-refractivity contribution in [2.75, 3.05) is 25.4 Å². The number of thiazole rings is 1. The van der Waals surface area contributed by atoms with E-state index in [2.05, 4.69) is 16.8 Å². The van der Waals surface area contributed by atoms with Gasteiger partial charge in [0.1, 0.15) is 0 Å². The molecule has 1 aromatic rings. The van der Waals surface area contributed by atoms with Gasteiger partial charge in [0, 0.05) is 30.3 Å². The summed E-state index contributed by atoms with van der Waals surface area (Å²) in [6, 6.07) is 0.512. The SMILES string of the molecule is CCCN1CCO[C@@H]2Cc3sc(N)nc3C[C@H]21. The fourth-order valence-corrected chi connectivity index (χ4v) is 3.86. The molecule has 94 valence electrons. The van der Waals surface area contributed by atoms with Crippen LogP contribution in [-0.2, 0) is 17.6 Å². The number of hydrogen-bond acceptors (Lipinski definition) is 5. The lowest BCUT2D eigenvalue weighted by Gasteiger charge is -2.43. The van der Waals surface area contributed by atoms with E-state index < -0.39 is 0 Å². The fourth-order valence-electron chi connectivity index (χ4n) is 2.96. The number of nitrogens with two attached hydrogens (primary N) is 1. The normalized spacial score (nSPS) is 28.8. The zero-order valence-corrected chi connectivity index (χ0v) is 11.0. The van der Waals surface area contributed by atoms with Crippen LogP contribution in [0.1, 0.15) is 23.9 Å². The number of rotatable bonds is 2. The van der Waals surface area contributed by atoms with Gasteiger partial charge in [-0.15, -0.1) is 11.3 Å². The van der Waals surface area contributed by atoms with Gasteiger partial charge in [0.05, 0.1) is 18.4 Å². The molecule has 1 saturated heterocycles. The molecule has 2 aliphatic rings. The topological polar surface area (TPSA) is 51.4 Å². The highest BCUT2D eigenvalue weighted by molar-refractivity contribution is 7.15. The van der Waals surface area contributed by atoms with E-state index in [1.165, 1.54) is 23.5 Å². The van der Waals surface area contributed by atoms with E-state index in [1.54, 1.807) is 11.3 Å². The summed E-state index contributed by atoms with van der Waals surface area (Å²) in [6.45, 7) is 5.33. The highest BCUT2D eigenvalue weighted by Crippen LogP contribution is 2.33. The van der Waals surface area contributed by atoms with Crippen molar-refractivity contribution in [1.29, 1.82) is 0 Å². The van der Waals surface area contributed by atoms with Gasteiger partial charge in [-0.2, -0.15) is 0 Å². The van der Waals surface area contributed by atoms with Crippen LogP contribution in [0.4, 0.5) is 5.13 Å². The van der Waals surface area contributed by atoms with Crippen LogP contribution in [-0.4, -0.2) is 41.7 Å². The Kier molecular flexibility index (Phi) is 3.06. The minimum Gasteiger partial charge on any atom is -0.375 e. The van der Waals surface area contributed by atoms with E-state index in [-0.39, 0.29) is 0 Å². The largest absolute Gasteiger partial charge is 0.375 e. The number of morpholine rings is 1. The molecule has 1 aliphatic heterocycles. The van der Waals surface area contributed by atoms with Crippen LogP contribution in [0.3, 0.4) is 0 Å². The molecule has 17 heavy (non-hydrogen) atoms.